The van der Waals surface area contributed by atoms with E-state index in [1.807, 2.05) is 13.8 Å². The first-order valence-electron chi connectivity index (χ1n) is 12.1. The number of likely N-dealkylation sites (N-methyl/N-ethyl adjacent to an activating group) is 1. The van der Waals surface area contributed by atoms with Crippen LogP contribution in [0.15, 0.2) is 53.3 Å². The topological polar surface area (TPSA) is 79.5 Å². The van der Waals surface area contributed by atoms with Crippen molar-refractivity contribution < 1.29 is 22.9 Å². The third kappa shape index (κ3) is 5.61. The molecule has 2 amide bonds. The lowest BCUT2D eigenvalue weighted by Gasteiger charge is -2.40. The van der Waals surface area contributed by atoms with E-state index in [2.05, 4.69) is 10.1 Å². The second-order valence-electron chi connectivity index (χ2n) is 9.56. The van der Waals surface area contributed by atoms with Crippen molar-refractivity contribution in [3.05, 3.63) is 83.0 Å². The van der Waals surface area contributed by atoms with E-state index in [9.17, 15) is 18.4 Å². The molecule has 1 atom stereocenters. The maximum atomic E-state index is 14.6. The number of benzene rings is 1. The van der Waals surface area contributed by atoms with Gasteiger partial charge < -0.3 is 14.3 Å². The van der Waals surface area contributed by atoms with Crippen molar-refractivity contribution in [2.45, 2.75) is 45.1 Å². The van der Waals surface area contributed by atoms with E-state index in [-0.39, 0.29) is 41.8 Å². The van der Waals surface area contributed by atoms with Gasteiger partial charge in [-0.15, -0.1) is 0 Å². The van der Waals surface area contributed by atoms with Gasteiger partial charge in [-0.05, 0) is 48.9 Å². The second-order valence-corrected chi connectivity index (χ2v) is 9.56. The van der Waals surface area contributed by atoms with Crippen LogP contribution in [0, 0.1) is 17.6 Å². The molecule has 4 rings (SSSR count). The van der Waals surface area contributed by atoms with Crippen LogP contribution in [0.25, 0.3) is 0 Å². The van der Waals surface area contributed by atoms with Gasteiger partial charge in [-0.25, -0.2) is 8.78 Å². The fourth-order valence-electron chi connectivity index (χ4n) is 4.69. The average molecular weight is 497 g/mol. The molecule has 9 heteroatoms. The Morgan fingerprint density at radius 2 is 1.92 bits per heavy atom. The van der Waals surface area contributed by atoms with Crippen LogP contribution in [-0.4, -0.2) is 57.9 Å². The number of halogens is 2. The smallest absolute Gasteiger partial charge is 0.276 e. The normalized spacial score (nSPS) is 15.2. The molecule has 1 aliphatic rings. The molecule has 1 aromatic carbocycles. The van der Waals surface area contributed by atoms with Gasteiger partial charge in [0.15, 0.2) is 5.69 Å². The average Bonchev–Trinajstić information content (AvgIpc) is 3.39. The molecule has 0 N–H and O–H groups in total. The summed E-state index contributed by atoms with van der Waals surface area (Å²) in [5.74, 6) is -0.902. The first kappa shape index (κ1) is 25.5. The summed E-state index contributed by atoms with van der Waals surface area (Å²) in [4.78, 5) is 33.6. The van der Waals surface area contributed by atoms with Crippen LogP contribution in [0.3, 0.4) is 0 Å². The van der Waals surface area contributed by atoms with Gasteiger partial charge in [-0.1, -0.05) is 25.1 Å². The Kier molecular flexibility index (Phi) is 7.76. The lowest BCUT2D eigenvalue weighted by molar-refractivity contribution is 0.0516. The van der Waals surface area contributed by atoms with Crippen LogP contribution >= 0.6 is 0 Å². The Balaban J connectivity index is 1.51. The highest BCUT2D eigenvalue weighted by Crippen LogP contribution is 2.29. The minimum absolute atomic E-state index is 0.00709. The summed E-state index contributed by atoms with van der Waals surface area (Å²) >= 11 is 0. The number of piperidine rings is 1. The first-order valence-corrected chi connectivity index (χ1v) is 12.1. The van der Waals surface area contributed by atoms with Gasteiger partial charge in [-0.2, -0.15) is 0 Å². The minimum Gasteiger partial charge on any atom is -0.360 e. The number of hydrogen-bond donors (Lipinski definition) is 0. The third-order valence-electron chi connectivity index (χ3n) is 6.86. The van der Waals surface area contributed by atoms with Gasteiger partial charge in [0.05, 0.1) is 5.56 Å². The number of aromatic nitrogens is 2. The van der Waals surface area contributed by atoms with E-state index >= 15 is 0 Å². The van der Waals surface area contributed by atoms with Crippen molar-refractivity contribution in [2.75, 3.05) is 20.1 Å². The Morgan fingerprint density at radius 1 is 1.17 bits per heavy atom. The predicted octanol–water partition coefficient (Wildman–Crippen LogP) is 4.71. The number of pyridine rings is 1. The van der Waals surface area contributed by atoms with Crippen molar-refractivity contribution in [3.8, 4) is 0 Å². The third-order valence-corrected chi connectivity index (χ3v) is 6.86. The summed E-state index contributed by atoms with van der Waals surface area (Å²) in [5.41, 5.74) is 1.06. The molecule has 1 aliphatic heterocycles. The van der Waals surface area contributed by atoms with Crippen LogP contribution in [0.1, 0.15) is 64.8 Å². The van der Waals surface area contributed by atoms with Gasteiger partial charge in [0, 0.05) is 56.6 Å². The van der Waals surface area contributed by atoms with Crippen molar-refractivity contribution in [1.82, 2.24) is 19.9 Å². The molecule has 0 bridgehead atoms. The maximum Gasteiger partial charge on any atom is 0.276 e. The second kappa shape index (κ2) is 11.0. The highest BCUT2D eigenvalue weighted by molar-refractivity contribution is 5.94. The van der Waals surface area contributed by atoms with Crippen LogP contribution in [0.4, 0.5) is 8.78 Å². The number of rotatable bonds is 7. The molecule has 190 valence electrons. The molecule has 7 nitrogen and oxygen atoms in total. The lowest BCUT2D eigenvalue weighted by atomic mass is 9.84. The van der Waals surface area contributed by atoms with E-state index in [1.54, 1.807) is 41.2 Å². The number of nitrogens with zero attached hydrogens (tertiary/aromatic N) is 4. The largest absolute Gasteiger partial charge is 0.360 e. The fourth-order valence-corrected chi connectivity index (χ4v) is 4.69. The highest BCUT2D eigenvalue weighted by Gasteiger charge is 2.34. The van der Waals surface area contributed by atoms with Crippen molar-refractivity contribution in [1.29, 1.82) is 0 Å². The summed E-state index contributed by atoms with van der Waals surface area (Å²) in [6, 6.07) is 8.22. The van der Waals surface area contributed by atoms with Crippen LogP contribution < -0.4 is 0 Å². The van der Waals surface area contributed by atoms with Crippen molar-refractivity contribution in [2.24, 2.45) is 5.92 Å². The number of likely N-dealkylation sites (tertiary alicyclic amines) is 1. The summed E-state index contributed by atoms with van der Waals surface area (Å²) in [6.07, 6.45) is 4.57. The van der Waals surface area contributed by atoms with Gasteiger partial charge in [0.1, 0.15) is 17.4 Å². The quantitative estimate of drug-likeness (QED) is 0.474. The van der Waals surface area contributed by atoms with Gasteiger partial charge >= 0.3 is 0 Å². The molecular formula is C27H30F2N4O3. The van der Waals surface area contributed by atoms with Gasteiger partial charge in [0.25, 0.3) is 11.8 Å². The monoisotopic (exact) mass is 496 g/mol. The van der Waals surface area contributed by atoms with E-state index in [0.29, 0.717) is 42.8 Å². The Hall–Kier alpha value is -3.62. The number of carbonyl (C=O) groups is 2. The minimum atomic E-state index is -0.645. The SMILES string of the molecule is CC(C)c1cc(C(=O)N2CCC(C(Cc3ccc(F)cc3F)N(C)C(=O)c3cccnc3)CC2)no1. The Labute approximate surface area is 209 Å². The lowest BCUT2D eigenvalue weighted by Crippen LogP contribution is -2.48. The zero-order valence-corrected chi connectivity index (χ0v) is 20.7. The summed E-state index contributed by atoms with van der Waals surface area (Å²) in [5, 5.41) is 3.93. The molecule has 1 saturated heterocycles. The van der Waals surface area contributed by atoms with Crippen molar-refractivity contribution >= 4 is 11.8 Å². The van der Waals surface area contributed by atoms with Gasteiger partial charge in [-0.3, -0.25) is 14.6 Å². The van der Waals surface area contributed by atoms with Crippen LogP contribution in [0.2, 0.25) is 0 Å². The maximum absolute atomic E-state index is 14.6. The summed E-state index contributed by atoms with van der Waals surface area (Å²) in [6.45, 7) is 4.89. The molecular weight excluding hydrogens is 466 g/mol. The standard InChI is InChI=1S/C27H30F2N4O3/c1-17(2)25-15-23(31-36-25)27(35)33-11-8-18(9-12-33)24(13-19-6-7-21(28)14-22(19)29)32(3)26(34)20-5-4-10-30-16-20/h4-7,10,14-18,24H,8-9,11-13H2,1-3H3. The van der Waals surface area contributed by atoms with Crippen LogP contribution in [-0.2, 0) is 6.42 Å². The fraction of sp³-hybridized carbons (Fsp3) is 0.407. The molecule has 1 unspecified atom stereocenters. The van der Waals surface area contributed by atoms with E-state index < -0.39 is 11.6 Å². The number of hydrogen-bond acceptors (Lipinski definition) is 5. The predicted molar refractivity (Wildman–Crippen MR) is 129 cm³/mol. The molecule has 0 saturated carbocycles. The van der Waals surface area contributed by atoms with Gasteiger partial charge in [0.2, 0.25) is 0 Å². The first-order chi connectivity index (χ1) is 17.2. The van der Waals surface area contributed by atoms with E-state index in [4.69, 9.17) is 4.52 Å². The Bertz CT molecular complexity index is 1210. The molecule has 0 radical (unpaired) electrons. The van der Waals surface area contributed by atoms with Crippen molar-refractivity contribution in [3.63, 3.8) is 0 Å². The molecule has 36 heavy (non-hydrogen) atoms. The molecule has 3 heterocycles. The highest BCUT2D eigenvalue weighted by atomic mass is 19.1. The Morgan fingerprint density at radius 3 is 2.53 bits per heavy atom. The number of amides is 2. The van der Waals surface area contributed by atoms with E-state index in [0.717, 1.165) is 6.07 Å². The molecule has 3 aromatic rings. The number of carbonyl (C=O) groups excluding carboxylic acids is 2. The molecule has 1 fully saturated rings. The molecule has 0 aliphatic carbocycles. The summed E-state index contributed by atoms with van der Waals surface area (Å²) in [7, 11) is 1.70. The van der Waals surface area contributed by atoms with Crippen LogP contribution in [0.5, 0.6) is 0 Å². The zero-order valence-electron chi connectivity index (χ0n) is 20.7. The molecule has 0 spiro atoms. The summed E-state index contributed by atoms with van der Waals surface area (Å²) < 4.78 is 33.3. The van der Waals surface area contributed by atoms with E-state index in [1.165, 1.54) is 18.3 Å². The zero-order chi connectivity index (χ0) is 25.8. The molecule has 2 aromatic heterocycles.